The number of primary amides is 1. The molecule has 0 saturated heterocycles. The Hall–Kier alpha value is -1.42. The van der Waals surface area contributed by atoms with Gasteiger partial charge < -0.3 is 5.73 Å². The molecule has 0 aliphatic heterocycles. The van der Waals surface area contributed by atoms with E-state index in [1.165, 1.54) is 0 Å². The van der Waals surface area contributed by atoms with E-state index in [1.54, 1.807) is 12.4 Å². The van der Waals surface area contributed by atoms with Crippen LogP contribution in [0.1, 0.15) is 30.0 Å². The highest BCUT2D eigenvalue weighted by atomic mass is 16.1. The van der Waals surface area contributed by atoms with Crippen LogP contribution in [0.5, 0.6) is 0 Å². The van der Waals surface area contributed by atoms with Gasteiger partial charge >= 0.3 is 0 Å². The van der Waals surface area contributed by atoms with Crippen molar-refractivity contribution in [1.29, 1.82) is 0 Å². The van der Waals surface area contributed by atoms with Gasteiger partial charge in [-0.05, 0) is 37.0 Å². The summed E-state index contributed by atoms with van der Waals surface area (Å²) in [7, 11) is 0. The summed E-state index contributed by atoms with van der Waals surface area (Å²) >= 11 is 0. The second-order valence-corrected chi connectivity index (χ2v) is 4.01. The molecule has 0 bridgehead atoms. The molecule has 0 aromatic carbocycles. The van der Waals surface area contributed by atoms with E-state index in [0.717, 1.165) is 24.0 Å². The van der Waals surface area contributed by atoms with Gasteiger partial charge in [0.25, 0.3) is 0 Å². The van der Waals surface area contributed by atoms with Crippen LogP contribution in [0.3, 0.4) is 0 Å². The fourth-order valence-electron chi connectivity index (χ4n) is 1.59. The summed E-state index contributed by atoms with van der Waals surface area (Å²) in [5.41, 5.74) is 7.31. The quantitative estimate of drug-likeness (QED) is 0.759. The van der Waals surface area contributed by atoms with Gasteiger partial charge in [-0.2, -0.15) is 0 Å². The highest BCUT2D eigenvalue weighted by Gasteiger charge is 2.28. The van der Waals surface area contributed by atoms with Crippen LogP contribution >= 0.6 is 0 Å². The first-order valence-corrected chi connectivity index (χ1v) is 5.14. The van der Waals surface area contributed by atoms with Crippen molar-refractivity contribution in [3.8, 4) is 0 Å². The molecule has 1 aromatic rings. The summed E-state index contributed by atoms with van der Waals surface area (Å²) in [5, 5.41) is 3.23. The fraction of sp³-hybridized carbons (Fsp3) is 0.455. The summed E-state index contributed by atoms with van der Waals surface area (Å²) in [4.78, 5) is 15.4. The van der Waals surface area contributed by atoms with Crippen LogP contribution in [0.15, 0.2) is 18.5 Å². The summed E-state index contributed by atoms with van der Waals surface area (Å²) in [5.74, 6) is -0.335. The number of carbonyl (C=O) groups is 1. The first kappa shape index (κ1) is 10.1. The number of aryl methyl sites for hydroxylation is 1. The zero-order chi connectivity index (χ0) is 10.8. The minimum Gasteiger partial charge on any atom is -0.368 e. The zero-order valence-corrected chi connectivity index (χ0v) is 8.73. The maximum atomic E-state index is 11.3. The topological polar surface area (TPSA) is 68.0 Å². The van der Waals surface area contributed by atoms with Gasteiger partial charge in [0.2, 0.25) is 5.91 Å². The SMILES string of the molecule is Cc1ccncc1C(NC1CC1)C(N)=O. The normalized spacial score (nSPS) is 17.4. The number of aromatic nitrogens is 1. The van der Waals surface area contributed by atoms with E-state index in [1.807, 2.05) is 13.0 Å². The van der Waals surface area contributed by atoms with Gasteiger partial charge in [-0.25, -0.2) is 0 Å². The lowest BCUT2D eigenvalue weighted by molar-refractivity contribution is -0.120. The molecule has 1 heterocycles. The van der Waals surface area contributed by atoms with Crippen molar-refractivity contribution >= 4 is 5.91 Å². The van der Waals surface area contributed by atoms with Crippen molar-refractivity contribution in [2.75, 3.05) is 0 Å². The van der Waals surface area contributed by atoms with E-state index in [4.69, 9.17) is 5.73 Å². The zero-order valence-electron chi connectivity index (χ0n) is 8.73. The molecule has 0 radical (unpaired) electrons. The average Bonchev–Trinajstić information content (AvgIpc) is 2.99. The molecule has 1 aliphatic carbocycles. The van der Waals surface area contributed by atoms with E-state index < -0.39 is 6.04 Å². The molecule has 2 rings (SSSR count). The van der Waals surface area contributed by atoms with Gasteiger partial charge in [0.05, 0.1) is 0 Å². The largest absolute Gasteiger partial charge is 0.368 e. The molecule has 4 nitrogen and oxygen atoms in total. The second-order valence-electron chi connectivity index (χ2n) is 4.01. The van der Waals surface area contributed by atoms with Gasteiger partial charge in [0, 0.05) is 18.4 Å². The molecular weight excluding hydrogens is 190 g/mol. The first-order valence-electron chi connectivity index (χ1n) is 5.14. The Bertz CT molecular complexity index is 374. The van der Waals surface area contributed by atoms with Crippen LogP contribution in [-0.2, 0) is 4.79 Å². The number of pyridine rings is 1. The van der Waals surface area contributed by atoms with Crippen LogP contribution in [0, 0.1) is 6.92 Å². The minimum atomic E-state index is -0.397. The third-order valence-electron chi connectivity index (χ3n) is 2.65. The third kappa shape index (κ3) is 2.33. The Labute approximate surface area is 88.9 Å². The van der Waals surface area contributed by atoms with Crippen LogP contribution in [0.2, 0.25) is 0 Å². The van der Waals surface area contributed by atoms with E-state index >= 15 is 0 Å². The predicted octanol–water partition coefficient (Wildman–Crippen LogP) is 0.668. The number of nitrogens with zero attached hydrogens (tertiary/aromatic N) is 1. The van der Waals surface area contributed by atoms with E-state index in [2.05, 4.69) is 10.3 Å². The number of nitrogens with one attached hydrogen (secondary N) is 1. The van der Waals surface area contributed by atoms with Crippen molar-refractivity contribution in [1.82, 2.24) is 10.3 Å². The molecule has 1 atom stereocenters. The van der Waals surface area contributed by atoms with Crippen LogP contribution in [0.25, 0.3) is 0 Å². The standard InChI is InChI=1S/C11H15N3O/c1-7-4-5-13-6-9(7)10(11(12)15)14-8-2-3-8/h4-6,8,10,14H,2-3H2,1H3,(H2,12,15). The molecule has 80 valence electrons. The Morgan fingerprint density at radius 2 is 2.40 bits per heavy atom. The summed E-state index contributed by atoms with van der Waals surface area (Å²) in [6.07, 6.45) is 5.68. The van der Waals surface area contributed by atoms with Crippen LogP contribution < -0.4 is 11.1 Å². The maximum Gasteiger partial charge on any atom is 0.239 e. The van der Waals surface area contributed by atoms with Gasteiger partial charge in [-0.15, -0.1) is 0 Å². The number of amides is 1. The molecule has 0 spiro atoms. The molecule has 1 aromatic heterocycles. The molecular formula is C11H15N3O. The lowest BCUT2D eigenvalue weighted by Gasteiger charge is -2.16. The smallest absolute Gasteiger partial charge is 0.239 e. The van der Waals surface area contributed by atoms with Gasteiger partial charge in [0.1, 0.15) is 6.04 Å². The molecule has 4 heteroatoms. The number of hydrogen-bond acceptors (Lipinski definition) is 3. The Morgan fingerprint density at radius 3 is 2.93 bits per heavy atom. The minimum absolute atomic E-state index is 0.335. The second kappa shape index (κ2) is 3.98. The van der Waals surface area contributed by atoms with E-state index in [9.17, 15) is 4.79 Å². The number of hydrogen-bond donors (Lipinski definition) is 2. The van der Waals surface area contributed by atoms with Crippen molar-refractivity contribution < 1.29 is 4.79 Å². The molecule has 15 heavy (non-hydrogen) atoms. The average molecular weight is 205 g/mol. The van der Waals surface area contributed by atoms with Gasteiger partial charge in [0.15, 0.2) is 0 Å². The monoisotopic (exact) mass is 205 g/mol. The van der Waals surface area contributed by atoms with Gasteiger partial charge in [-0.1, -0.05) is 0 Å². The number of carbonyl (C=O) groups excluding carboxylic acids is 1. The molecule has 1 fully saturated rings. The van der Waals surface area contributed by atoms with Crippen molar-refractivity contribution in [3.05, 3.63) is 29.6 Å². The number of nitrogens with two attached hydrogens (primary N) is 1. The maximum absolute atomic E-state index is 11.3. The molecule has 1 saturated carbocycles. The van der Waals surface area contributed by atoms with Crippen molar-refractivity contribution in [2.24, 2.45) is 5.73 Å². The number of rotatable bonds is 4. The third-order valence-corrected chi connectivity index (χ3v) is 2.65. The Kier molecular flexibility index (Phi) is 2.68. The van der Waals surface area contributed by atoms with E-state index in [0.29, 0.717) is 6.04 Å². The van der Waals surface area contributed by atoms with Gasteiger partial charge in [-0.3, -0.25) is 15.1 Å². The molecule has 3 N–H and O–H groups in total. The molecule has 1 aliphatic rings. The van der Waals surface area contributed by atoms with Crippen LogP contribution in [-0.4, -0.2) is 16.9 Å². The lowest BCUT2D eigenvalue weighted by atomic mass is 10.0. The molecule has 1 amide bonds. The van der Waals surface area contributed by atoms with Crippen molar-refractivity contribution in [2.45, 2.75) is 31.8 Å². The first-order chi connectivity index (χ1) is 7.18. The van der Waals surface area contributed by atoms with E-state index in [-0.39, 0.29) is 5.91 Å². The summed E-state index contributed by atoms with van der Waals surface area (Å²) in [6, 6.07) is 1.94. The highest BCUT2D eigenvalue weighted by molar-refractivity contribution is 5.81. The molecule has 1 unspecified atom stereocenters. The Morgan fingerprint density at radius 1 is 1.67 bits per heavy atom. The predicted molar refractivity (Wildman–Crippen MR) is 57.1 cm³/mol. The lowest BCUT2D eigenvalue weighted by Crippen LogP contribution is -2.35. The van der Waals surface area contributed by atoms with Crippen molar-refractivity contribution in [3.63, 3.8) is 0 Å². The Balaban J connectivity index is 2.22. The fourth-order valence-corrected chi connectivity index (χ4v) is 1.59. The highest BCUT2D eigenvalue weighted by Crippen LogP contribution is 2.25. The summed E-state index contributed by atoms with van der Waals surface area (Å²) in [6.45, 7) is 1.96. The van der Waals surface area contributed by atoms with Crippen LogP contribution in [0.4, 0.5) is 0 Å². The summed E-state index contributed by atoms with van der Waals surface area (Å²) < 4.78 is 0.